The quantitative estimate of drug-likeness (QED) is 0.682. The van der Waals surface area contributed by atoms with Gasteiger partial charge in [-0.25, -0.2) is 4.79 Å². The molecule has 0 spiro atoms. The van der Waals surface area contributed by atoms with Crippen LogP contribution in [0.1, 0.15) is 27.5 Å². The van der Waals surface area contributed by atoms with Crippen LogP contribution in [0.5, 0.6) is 0 Å². The maximum Gasteiger partial charge on any atom is 0.335 e. The van der Waals surface area contributed by atoms with Crippen LogP contribution in [-0.2, 0) is 4.79 Å². The van der Waals surface area contributed by atoms with Crippen molar-refractivity contribution in [2.45, 2.75) is 13.0 Å². The van der Waals surface area contributed by atoms with Crippen molar-refractivity contribution in [2.24, 2.45) is 5.73 Å². The Labute approximate surface area is 86.1 Å². The molecule has 0 aliphatic carbocycles. The van der Waals surface area contributed by atoms with Crippen LogP contribution in [0.15, 0.2) is 18.2 Å². The van der Waals surface area contributed by atoms with E-state index in [1.807, 2.05) is 0 Å². The fourth-order valence-electron chi connectivity index (χ4n) is 1.26. The lowest BCUT2D eigenvalue weighted by molar-refractivity contribution is -0.138. The van der Waals surface area contributed by atoms with Crippen molar-refractivity contribution in [3.8, 4) is 0 Å². The topological polar surface area (TPSA) is 101 Å². The molecule has 15 heavy (non-hydrogen) atoms. The van der Waals surface area contributed by atoms with E-state index >= 15 is 0 Å². The molecule has 0 saturated heterocycles. The summed E-state index contributed by atoms with van der Waals surface area (Å²) in [4.78, 5) is 21.3. The fourth-order valence-corrected chi connectivity index (χ4v) is 1.26. The number of rotatable bonds is 3. The van der Waals surface area contributed by atoms with Gasteiger partial charge in [0.15, 0.2) is 0 Å². The van der Waals surface area contributed by atoms with Crippen molar-refractivity contribution in [2.75, 3.05) is 0 Å². The number of nitrogens with two attached hydrogens (primary N) is 1. The number of aliphatic carboxylic acids is 1. The summed E-state index contributed by atoms with van der Waals surface area (Å²) in [5, 5.41) is 17.4. The predicted octanol–water partition coefficient (Wildman–Crippen LogP) is 0.778. The van der Waals surface area contributed by atoms with Crippen molar-refractivity contribution < 1.29 is 19.8 Å². The van der Waals surface area contributed by atoms with Gasteiger partial charge in [-0.15, -0.1) is 0 Å². The van der Waals surface area contributed by atoms with Gasteiger partial charge in [0, 0.05) is 0 Å². The monoisotopic (exact) mass is 209 g/mol. The highest BCUT2D eigenvalue weighted by Crippen LogP contribution is 2.16. The van der Waals surface area contributed by atoms with Crippen LogP contribution in [-0.4, -0.2) is 22.2 Å². The number of carboxylic acid groups (broad SMARTS) is 2. The van der Waals surface area contributed by atoms with Crippen LogP contribution >= 0.6 is 0 Å². The highest BCUT2D eigenvalue weighted by molar-refractivity contribution is 5.89. The minimum atomic E-state index is -1.14. The fraction of sp³-hybridized carbons (Fsp3) is 0.200. The van der Waals surface area contributed by atoms with Crippen LogP contribution < -0.4 is 5.73 Å². The molecule has 1 atom stereocenters. The summed E-state index contributed by atoms with van der Waals surface area (Å²) in [6.45, 7) is 1.60. The highest BCUT2D eigenvalue weighted by Gasteiger charge is 2.16. The molecule has 1 aromatic carbocycles. The summed E-state index contributed by atoms with van der Waals surface area (Å²) < 4.78 is 0. The number of hydrogen-bond acceptors (Lipinski definition) is 3. The summed E-state index contributed by atoms with van der Waals surface area (Å²) in [7, 11) is 0. The molecule has 0 aliphatic heterocycles. The van der Waals surface area contributed by atoms with Gasteiger partial charge < -0.3 is 15.9 Å². The first kappa shape index (κ1) is 11.2. The molecule has 0 heterocycles. The maximum absolute atomic E-state index is 10.7. The Morgan fingerprint density at radius 1 is 1.33 bits per heavy atom. The second kappa shape index (κ2) is 4.10. The van der Waals surface area contributed by atoms with Gasteiger partial charge in [-0.2, -0.15) is 0 Å². The molecule has 0 fully saturated rings. The zero-order chi connectivity index (χ0) is 11.6. The molecule has 1 aromatic rings. The van der Waals surface area contributed by atoms with Crippen molar-refractivity contribution in [3.63, 3.8) is 0 Å². The zero-order valence-corrected chi connectivity index (χ0v) is 8.10. The highest BCUT2D eigenvalue weighted by atomic mass is 16.4. The molecule has 5 nitrogen and oxygen atoms in total. The average Bonchev–Trinajstić information content (AvgIpc) is 2.15. The average molecular weight is 209 g/mol. The number of carboxylic acids is 2. The van der Waals surface area contributed by atoms with Crippen LogP contribution in [0.2, 0.25) is 0 Å². The number of aromatic carboxylic acids is 1. The number of carbonyl (C=O) groups is 2. The van der Waals surface area contributed by atoms with Gasteiger partial charge in [-0.1, -0.05) is 12.1 Å². The number of aryl methyl sites for hydroxylation is 1. The molecule has 0 bridgehead atoms. The molecule has 4 N–H and O–H groups in total. The molecular formula is C10H11NO4. The van der Waals surface area contributed by atoms with Crippen LogP contribution in [0.4, 0.5) is 0 Å². The third-order valence-corrected chi connectivity index (χ3v) is 2.11. The van der Waals surface area contributed by atoms with Gasteiger partial charge >= 0.3 is 11.9 Å². The molecule has 0 radical (unpaired) electrons. The van der Waals surface area contributed by atoms with E-state index in [0.29, 0.717) is 11.1 Å². The summed E-state index contributed by atoms with van der Waals surface area (Å²) in [6.07, 6.45) is 0. The number of hydrogen-bond donors (Lipinski definition) is 3. The molecule has 0 unspecified atom stereocenters. The second-order valence-electron chi connectivity index (χ2n) is 3.20. The minimum absolute atomic E-state index is 0.149. The summed E-state index contributed by atoms with van der Waals surface area (Å²) in [6, 6.07) is 3.12. The zero-order valence-electron chi connectivity index (χ0n) is 8.10. The standard InChI is InChI=1S/C10H11NO4/c1-5-4-6(8(11)10(14)15)2-3-7(5)9(12)13/h2-4,8H,11H2,1H3,(H,12,13)(H,14,15)/t8-/m0/s1. The van der Waals surface area contributed by atoms with E-state index in [9.17, 15) is 9.59 Å². The summed E-state index contributed by atoms with van der Waals surface area (Å²) >= 11 is 0. The molecular weight excluding hydrogens is 198 g/mol. The normalized spacial score (nSPS) is 12.1. The van der Waals surface area contributed by atoms with E-state index in [1.165, 1.54) is 18.2 Å². The maximum atomic E-state index is 10.7. The van der Waals surface area contributed by atoms with E-state index in [0.717, 1.165) is 0 Å². The van der Waals surface area contributed by atoms with Crippen molar-refractivity contribution in [1.82, 2.24) is 0 Å². The van der Waals surface area contributed by atoms with E-state index in [-0.39, 0.29) is 5.56 Å². The van der Waals surface area contributed by atoms with Crippen molar-refractivity contribution in [3.05, 3.63) is 34.9 Å². The van der Waals surface area contributed by atoms with Crippen LogP contribution in [0.3, 0.4) is 0 Å². The Balaban J connectivity index is 3.12. The Bertz CT molecular complexity index is 414. The first-order valence-electron chi connectivity index (χ1n) is 4.25. The molecule has 5 heteroatoms. The Hall–Kier alpha value is -1.88. The molecule has 0 amide bonds. The van der Waals surface area contributed by atoms with E-state index < -0.39 is 18.0 Å². The van der Waals surface area contributed by atoms with Crippen LogP contribution in [0.25, 0.3) is 0 Å². The SMILES string of the molecule is Cc1cc([C@H](N)C(=O)O)ccc1C(=O)O. The Morgan fingerprint density at radius 3 is 2.33 bits per heavy atom. The Morgan fingerprint density at radius 2 is 1.93 bits per heavy atom. The lowest BCUT2D eigenvalue weighted by Gasteiger charge is -2.08. The van der Waals surface area contributed by atoms with Crippen LogP contribution in [0, 0.1) is 6.92 Å². The Kier molecular flexibility index (Phi) is 3.06. The molecule has 80 valence electrons. The summed E-state index contributed by atoms with van der Waals surface area (Å²) in [5.74, 6) is -2.18. The molecule has 0 saturated carbocycles. The summed E-state index contributed by atoms with van der Waals surface area (Å²) in [5.41, 5.74) is 6.43. The van der Waals surface area contributed by atoms with E-state index in [1.54, 1.807) is 6.92 Å². The third-order valence-electron chi connectivity index (χ3n) is 2.11. The predicted molar refractivity (Wildman–Crippen MR) is 52.7 cm³/mol. The van der Waals surface area contributed by atoms with Gasteiger partial charge in [0.1, 0.15) is 6.04 Å². The lowest BCUT2D eigenvalue weighted by Crippen LogP contribution is -2.20. The lowest BCUT2D eigenvalue weighted by atomic mass is 10.0. The van der Waals surface area contributed by atoms with E-state index in [2.05, 4.69) is 0 Å². The van der Waals surface area contributed by atoms with E-state index in [4.69, 9.17) is 15.9 Å². The van der Waals surface area contributed by atoms with Gasteiger partial charge in [-0.3, -0.25) is 4.79 Å². The first-order valence-corrected chi connectivity index (χ1v) is 4.25. The van der Waals surface area contributed by atoms with Gasteiger partial charge in [0.2, 0.25) is 0 Å². The van der Waals surface area contributed by atoms with Crippen molar-refractivity contribution in [1.29, 1.82) is 0 Å². The smallest absolute Gasteiger partial charge is 0.335 e. The molecule has 0 aromatic heterocycles. The third kappa shape index (κ3) is 2.32. The minimum Gasteiger partial charge on any atom is -0.480 e. The largest absolute Gasteiger partial charge is 0.480 e. The van der Waals surface area contributed by atoms with Gasteiger partial charge in [0.25, 0.3) is 0 Å². The van der Waals surface area contributed by atoms with Crippen molar-refractivity contribution >= 4 is 11.9 Å². The first-order chi connectivity index (χ1) is 6.93. The second-order valence-corrected chi connectivity index (χ2v) is 3.20. The van der Waals surface area contributed by atoms with Gasteiger partial charge in [-0.05, 0) is 24.1 Å². The molecule has 0 aliphatic rings. The number of benzene rings is 1. The molecule has 1 rings (SSSR count). The van der Waals surface area contributed by atoms with Gasteiger partial charge in [0.05, 0.1) is 5.56 Å².